The van der Waals surface area contributed by atoms with E-state index >= 15 is 0 Å². The SMILES string of the molecule is CC(C)c1csc(NC(=O)c2cc(Br)c(Br)s2)n1. The number of halogens is 2. The number of nitrogens with one attached hydrogen (secondary N) is 1. The minimum atomic E-state index is -0.129. The number of thiazole rings is 1. The average Bonchev–Trinajstić information content (AvgIpc) is 2.87. The fourth-order valence-electron chi connectivity index (χ4n) is 1.23. The molecule has 1 amide bonds. The van der Waals surface area contributed by atoms with E-state index in [1.807, 2.05) is 5.38 Å². The van der Waals surface area contributed by atoms with Gasteiger partial charge < -0.3 is 0 Å². The fraction of sp³-hybridized carbons (Fsp3) is 0.273. The Balaban J connectivity index is 2.11. The largest absolute Gasteiger partial charge is 0.297 e. The third-order valence-corrected chi connectivity index (χ3v) is 6.23. The van der Waals surface area contributed by atoms with E-state index in [-0.39, 0.29) is 5.91 Å². The molecule has 1 N–H and O–H groups in total. The summed E-state index contributed by atoms with van der Waals surface area (Å²) in [5, 5.41) is 5.43. The highest BCUT2D eigenvalue weighted by Crippen LogP contribution is 2.33. The summed E-state index contributed by atoms with van der Waals surface area (Å²) in [5.74, 6) is 0.244. The second kappa shape index (κ2) is 5.81. The van der Waals surface area contributed by atoms with Crippen LogP contribution >= 0.6 is 54.5 Å². The lowest BCUT2D eigenvalue weighted by atomic mass is 10.2. The van der Waals surface area contributed by atoms with E-state index in [1.54, 1.807) is 6.07 Å². The van der Waals surface area contributed by atoms with Crippen molar-refractivity contribution >= 4 is 65.6 Å². The lowest BCUT2D eigenvalue weighted by Gasteiger charge is -1.99. The Bertz CT molecular complexity index is 558. The first-order valence-corrected chi connectivity index (χ1v) is 8.47. The summed E-state index contributed by atoms with van der Waals surface area (Å²) in [4.78, 5) is 17.0. The molecule has 0 aliphatic rings. The first-order valence-electron chi connectivity index (χ1n) is 5.19. The summed E-state index contributed by atoms with van der Waals surface area (Å²) in [5.41, 5.74) is 1.00. The number of aromatic nitrogens is 1. The number of carbonyl (C=O) groups is 1. The molecule has 0 atom stereocenters. The monoisotopic (exact) mass is 408 g/mol. The Morgan fingerprint density at radius 1 is 1.44 bits per heavy atom. The van der Waals surface area contributed by atoms with Crippen LogP contribution in [-0.4, -0.2) is 10.9 Å². The van der Waals surface area contributed by atoms with Crippen LogP contribution in [0.4, 0.5) is 5.13 Å². The molecule has 2 heterocycles. The van der Waals surface area contributed by atoms with E-state index in [2.05, 4.69) is 56.0 Å². The van der Waals surface area contributed by atoms with Gasteiger partial charge in [-0.2, -0.15) is 0 Å². The lowest BCUT2D eigenvalue weighted by Crippen LogP contribution is -2.09. The van der Waals surface area contributed by atoms with Crippen molar-refractivity contribution in [3.05, 3.63) is 30.3 Å². The van der Waals surface area contributed by atoms with Gasteiger partial charge in [-0.1, -0.05) is 13.8 Å². The zero-order valence-electron chi connectivity index (χ0n) is 9.66. The van der Waals surface area contributed by atoms with E-state index < -0.39 is 0 Å². The predicted octanol–water partition coefficient (Wildman–Crippen LogP) is 5.11. The van der Waals surface area contributed by atoms with Gasteiger partial charge in [0.2, 0.25) is 0 Å². The van der Waals surface area contributed by atoms with Crippen LogP contribution in [-0.2, 0) is 0 Å². The number of hydrogen-bond acceptors (Lipinski definition) is 4. The fourth-order valence-corrected chi connectivity index (χ4v) is 4.02. The van der Waals surface area contributed by atoms with E-state index in [9.17, 15) is 4.79 Å². The van der Waals surface area contributed by atoms with Crippen LogP contribution in [0, 0.1) is 0 Å². The van der Waals surface area contributed by atoms with E-state index in [0.29, 0.717) is 15.9 Å². The van der Waals surface area contributed by atoms with Gasteiger partial charge in [-0.25, -0.2) is 4.98 Å². The van der Waals surface area contributed by atoms with Crippen LogP contribution < -0.4 is 5.32 Å². The number of rotatable bonds is 3. The first-order chi connectivity index (χ1) is 8.47. The van der Waals surface area contributed by atoms with E-state index in [4.69, 9.17) is 0 Å². The maximum Gasteiger partial charge on any atom is 0.267 e. The van der Waals surface area contributed by atoms with Crippen LogP contribution in [0.1, 0.15) is 35.1 Å². The summed E-state index contributed by atoms with van der Waals surface area (Å²) >= 11 is 9.57. The Morgan fingerprint density at radius 2 is 2.17 bits per heavy atom. The zero-order chi connectivity index (χ0) is 13.3. The molecule has 7 heteroatoms. The molecule has 0 fully saturated rings. The third-order valence-electron chi connectivity index (χ3n) is 2.20. The van der Waals surface area contributed by atoms with Crippen molar-refractivity contribution in [2.24, 2.45) is 0 Å². The van der Waals surface area contributed by atoms with Crippen molar-refractivity contribution in [1.29, 1.82) is 0 Å². The minimum Gasteiger partial charge on any atom is -0.297 e. The third kappa shape index (κ3) is 3.20. The number of hydrogen-bond donors (Lipinski definition) is 1. The molecule has 0 aliphatic heterocycles. The van der Waals surface area contributed by atoms with Crippen molar-refractivity contribution < 1.29 is 4.79 Å². The summed E-state index contributed by atoms with van der Waals surface area (Å²) in [6.07, 6.45) is 0. The van der Waals surface area contributed by atoms with E-state index in [0.717, 1.165) is 14.0 Å². The van der Waals surface area contributed by atoms with Crippen molar-refractivity contribution in [3.63, 3.8) is 0 Å². The van der Waals surface area contributed by atoms with Gasteiger partial charge in [-0.15, -0.1) is 22.7 Å². The van der Waals surface area contributed by atoms with Crippen LogP contribution in [0.2, 0.25) is 0 Å². The molecule has 2 aromatic heterocycles. The van der Waals surface area contributed by atoms with Gasteiger partial charge in [-0.3, -0.25) is 10.1 Å². The number of carbonyl (C=O) groups excluding carboxylic acids is 1. The zero-order valence-corrected chi connectivity index (χ0v) is 14.5. The van der Waals surface area contributed by atoms with Gasteiger partial charge in [-0.05, 0) is 43.8 Å². The summed E-state index contributed by atoms with van der Waals surface area (Å²) in [6.45, 7) is 4.16. The van der Waals surface area contributed by atoms with Gasteiger partial charge in [0.1, 0.15) is 0 Å². The van der Waals surface area contributed by atoms with Gasteiger partial charge in [0.25, 0.3) is 5.91 Å². The number of amides is 1. The molecule has 0 saturated carbocycles. The topological polar surface area (TPSA) is 42.0 Å². The van der Waals surface area contributed by atoms with Gasteiger partial charge in [0.15, 0.2) is 5.13 Å². The number of nitrogens with zero attached hydrogens (tertiary/aromatic N) is 1. The molecule has 0 aliphatic carbocycles. The molecule has 0 saturated heterocycles. The van der Waals surface area contributed by atoms with Crippen LogP contribution in [0.3, 0.4) is 0 Å². The van der Waals surface area contributed by atoms with Crippen molar-refractivity contribution in [2.75, 3.05) is 5.32 Å². The normalized spacial score (nSPS) is 10.9. The molecule has 0 spiro atoms. The van der Waals surface area contributed by atoms with Crippen LogP contribution in [0.25, 0.3) is 0 Å². The second-order valence-corrected chi connectivity index (χ2v) is 8.00. The molecule has 18 heavy (non-hydrogen) atoms. The van der Waals surface area contributed by atoms with Gasteiger partial charge in [0.05, 0.1) is 14.4 Å². The highest BCUT2D eigenvalue weighted by Gasteiger charge is 2.14. The molecule has 0 unspecified atom stereocenters. The molecule has 3 nitrogen and oxygen atoms in total. The number of thiophene rings is 1. The standard InChI is InChI=1S/C11H10Br2N2OS2/c1-5(2)7-4-17-11(14-7)15-10(16)8-3-6(12)9(13)18-8/h3-5H,1-2H3,(H,14,15,16). The summed E-state index contributed by atoms with van der Waals surface area (Å²) in [6, 6.07) is 1.79. The maximum absolute atomic E-state index is 12.0. The van der Waals surface area contributed by atoms with Gasteiger partial charge in [0, 0.05) is 9.85 Å². The Hall–Kier alpha value is -0.240. The van der Waals surface area contributed by atoms with Crippen molar-refractivity contribution in [2.45, 2.75) is 19.8 Å². The molecular weight excluding hydrogens is 400 g/mol. The molecule has 0 radical (unpaired) electrons. The predicted molar refractivity (Wildman–Crippen MR) is 83.9 cm³/mol. The highest BCUT2D eigenvalue weighted by atomic mass is 79.9. The van der Waals surface area contributed by atoms with Crippen molar-refractivity contribution in [1.82, 2.24) is 4.98 Å². The van der Waals surface area contributed by atoms with E-state index in [1.165, 1.54) is 22.7 Å². The molecular formula is C11H10Br2N2OS2. The summed E-state index contributed by atoms with van der Waals surface area (Å²) < 4.78 is 1.80. The van der Waals surface area contributed by atoms with Gasteiger partial charge >= 0.3 is 0 Å². The molecule has 2 aromatic rings. The summed E-state index contributed by atoms with van der Waals surface area (Å²) in [7, 11) is 0. The van der Waals surface area contributed by atoms with Crippen LogP contribution in [0.15, 0.2) is 19.7 Å². The second-order valence-electron chi connectivity index (χ2n) is 3.92. The quantitative estimate of drug-likeness (QED) is 0.765. The van der Waals surface area contributed by atoms with Crippen molar-refractivity contribution in [3.8, 4) is 0 Å². The van der Waals surface area contributed by atoms with Crippen LogP contribution in [0.5, 0.6) is 0 Å². The Morgan fingerprint density at radius 3 is 2.67 bits per heavy atom. The Kier molecular flexibility index (Phi) is 4.58. The molecule has 96 valence electrons. The molecule has 2 rings (SSSR count). The maximum atomic E-state index is 12.0. The lowest BCUT2D eigenvalue weighted by molar-refractivity contribution is 0.103. The molecule has 0 bridgehead atoms. The minimum absolute atomic E-state index is 0.129. The number of anilines is 1. The highest BCUT2D eigenvalue weighted by molar-refractivity contribution is 9.13. The Labute approximate surface area is 130 Å². The molecule has 0 aromatic carbocycles. The first kappa shape index (κ1) is 14.2. The smallest absolute Gasteiger partial charge is 0.267 e. The average molecular weight is 410 g/mol.